The van der Waals surface area contributed by atoms with Crippen LogP contribution in [0.1, 0.15) is 35.1 Å². The van der Waals surface area contributed by atoms with Crippen molar-refractivity contribution in [2.24, 2.45) is 0 Å². The second kappa shape index (κ2) is 9.46. The molecular weight excluding hydrogens is 451 g/mol. The molecule has 0 aliphatic heterocycles. The third kappa shape index (κ3) is 5.31. The van der Waals surface area contributed by atoms with Gasteiger partial charge in [-0.25, -0.2) is 4.79 Å². The third-order valence-corrected chi connectivity index (χ3v) is 5.53. The van der Waals surface area contributed by atoms with Gasteiger partial charge in [0.15, 0.2) is 0 Å². The summed E-state index contributed by atoms with van der Waals surface area (Å²) >= 11 is 0. The van der Waals surface area contributed by atoms with Crippen molar-refractivity contribution >= 4 is 12.1 Å². The van der Waals surface area contributed by atoms with E-state index in [1.807, 2.05) is 48.5 Å². The molecule has 176 valence electrons. The summed E-state index contributed by atoms with van der Waals surface area (Å²) in [6, 6.07) is 19.3. The molecule has 1 amide bonds. The molecule has 6 nitrogen and oxygen atoms in total. The van der Waals surface area contributed by atoms with E-state index in [0.29, 0.717) is 5.56 Å². The number of hydrogen-bond donors (Lipinski definition) is 2. The molecule has 0 heterocycles. The van der Waals surface area contributed by atoms with Crippen LogP contribution in [0, 0.1) is 0 Å². The topological polar surface area (TPSA) is 84.9 Å². The lowest BCUT2D eigenvalue weighted by Gasteiger charge is -2.19. The molecule has 4 rings (SSSR count). The number of carboxylic acids is 1. The maximum atomic E-state index is 12.5. The Balaban J connectivity index is 1.45. The normalized spacial score (nSPS) is 13.5. The van der Waals surface area contributed by atoms with Crippen molar-refractivity contribution in [2.75, 3.05) is 6.61 Å². The molecule has 9 heteroatoms. The van der Waals surface area contributed by atoms with E-state index < -0.39 is 36.6 Å². The number of fused-ring (bicyclic) bond motifs is 3. The Morgan fingerprint density at radius 3 is 2.00 bits per heavy atom. The number of alkyl halides is 3. The lowest BCUT2D eigenvalue weighted by molar-refractivity contribution is -0.274. The molecule has 0 aromatic heterocycles. The Bertz CT molecular complexity index is 1150. The number of rotatable bonds is 7. The molecule has 0 radical (unpaired) electrons. The van der Waals surface area contributed by atoms with E-state index in [-0.39, 0.29) is 12.5 Å². The van der Waals surface area contributed by atoms with Gasteiger partial charge in [-0.1, -0.05) is 60.7 Å². The first-order valence-electron chi connectivity index (χ1n) is 10.4. The van der Waals surface area contributed by atoms with Crippen LogP contribution in [0.4, 0.5) is 18.0 Å². The maximum Gasteiger partial charge on any atom is 0.573 e. The van der Waals surface area contributed by atoms with Crippen molar-refractivity contribution in [1.82, 2.24) is 5.32 Å². The molecule has 2 N–H and O–H groups in total. The lowest BCUT2D eigenvalue weighted by atomic mass is 9.98. The van der Waals surface area contributed by atoms with Gasteiger partial charge in [-0.3, -0.25) is 4.79 Å². The van der Waals surface area contributed by atoms with Crippen molar-refractivity contribution in [3.05, 3.63) is 89.5 Å². The fourth-order valence-electron chi connectivity index (χ4n) is 4.11. The largest absolute Gasteiger partial charge is 0.573 e. The first-order chi connectivity index (χ1) is 16.2. The van der Waals surface area contributed by atoms with E-state index in [9.17, 15) is 27.9 Å². The zero-order valence-corrected chi connectivity index (χ0v) is 17.7. The predicted octanol–water partition coefficient (Wildman–Crippen LogP) is 5.64. The van der Waals surface area contributed by atoms with Crippen LogP contribution in [0.15, 0.2) is 72.8 Å². The summed E-state index contributed by atoms with van der Waals surface area (Å²) in [7, 11) is 0. The van der Waals surface area contributed by atoms with Crippen LogP contribution >= 0.6 is 0 Å². The van der Waals surface area contributed by atoms with Gasteiger partial charge in [0.1, 0.15) is 12.4 Å². The first kappa shape index (κ1) is 23.2. The zero-order valence-electron chi connectivity index (χ0n) is 17.7. The molecular formula is C25H20F3NO5. The van der Waals surface area contributed by atoms with E-state index in [1.165, 1.54) is 12.1 Å². The molecule has 3 aromatic rings. The van der Waals surface area contributed by atoms with Gasteiger partial charge >= 0.3 is 18.4 Å². The number of ether oxygens (including phenoxy) is 2. The first-order valence-corrected chi connectivity index (χ1v) is 10.4. The quantitative estimate of drug-likeness (QED) is 0.466. The highest BCUT2D eigenvalue weighted by Gasteiger charge is 2.31. The number of alkyl carbamates (subject to hydrolysis) is 1. The highest BCUT2D eigenvalue weighted by atomic mass is 19.4. The van der Waals surface area contributed by atoms with Crippen LogP contribution in [0.25, 0.3) is 11.1 Å². The van der Waals surface area contributed by atoms with Gasteiger partial charge in [-0.15, -0.1) is 13.2 Å². The average Bonchev–Trinajstić information content (AvgIpc) is 3.10. The van der Waals surface area contributed by atoms with Gasteiger partial charge in [-0.2, -0.15) is 0 Å². The predicted molar refractivity (Wildman–Crippen MR) is 116 cm³/mol. The molecule has 1 atom stereocenters. The Morgan fingerprint density at radius 2 is 1.47 bits per heavy atom. The minimum atomic E-state index is -4.85. The fraction of sp³-hybridized carbons (Fsp3) is 0.200. The molecule has 0 spiro atoms. The molecule has 1 aliphatic carbocycles. The van der Waals surface area contributed by atoms with Gasteiger partial charge in [-0.05, 0) is 39.9 Å². The summed E-state index contributed by atoms with van der Waals surface area (Å²) in [4.78, 5) is 23.8. The van der Waals surface area contributed by atoms with Crippen LogP contribution in [-0.4, -0.2) is 30.1 Å². The van der Waals surface area contributed by atoms with Crippen molar-refractivity contribution in [2.45, 2.75) is 24.7 Å². The number of nitrogens with one attached hydrogen (secondary N) is 1. The van der Waals surface area contributed by atoms with Gasteiger partial charge in [0.25, 0.3) is 0 Å². The Kier molecular flexibility index (Phi) is 6.45. The van der Waals surface area contributed by atoms with E-state index in [2.05, 4.69) is 10.1 Å². The number of carboxylic acid groups (broad SMARTS) is 1. The van der Waals surface area contributed by atoms with E-state index in [0.717, 1.165) is 34.4 Å². The molecule has 34 heavy (non-hydrogen) atoms. The van der Waals surface area contributed by atoms with Gasteiger partial charge < -0.3 is 19.9 Å². The number of aliphatic carboxylic acids is 1. The second-order valence-corrected chi connectivity index (χ2v) is 7.74. The summed E-state index contributed by atoms with van der Waals surface area (Å²) in [6.45, 7) is 0.0397. The minimum Gasteiger partial charge on any atom is -0.481 e. The SMILES string of the molecule is O=C(O)CC(NC(=O)OCC1c2ccccc2-c2ccccc21)c1ccc(OC(F)(F)F)cc1. The third-order valence-electron chi connectivity index (χ3n) is 5.53. The number of amides is 1. The molecule has 1 unspecified atom stereocenters. The van der Waals surface area contributed by atoms with Crippen LogP contribution in [0.2, 0.25) is 0 Å². The standard InChI is InChI=1S/C25H20F3NO5/c26-25(27,28)34-16-11-9-15(10-12-16)22(13-23(30)31)29-24(32)33-14-21-19-7-3-1-5-17(19)18-6-2-4-8-20(18)21/h1-12,21-22H,13-14H2,(H,29,32)(H,30,31). The van der Waals surface area contributed by atoms with E-state index in [4.69, 9.17) is 4.74 Å². The highest BCUT2D eigenvalue weighted by molar-refractivity contribution is 5.79. The van der Waals surface area contributed by atoms with E-state index in [1.54, 1.807) is 0 Å². The van der Waals surface area contributed by atoms with Crippen LogP contribution in [0.3, 0.4) is 0 Å². The van der Waals surface area contributed by atoms with Crippen molar-refractivity contribution in [3.8, 4) is 16.9 Å². The van der Waals surface area contributed by atoms with E-state index >= 15 is 0 Å². The van der Waals surface area contributed by atoms with Gasteiger partial charge in [0.2, 0.25) is 0 Å². The van der Waals surface area contributed by atoms with Crippen LogP contribution in [0.5, 0.6) is 5.75 Å². The van der Waals surface area contributed by atoms with Crippen LogP contribution in [-0.2, 0) is 9.53 Å². The number of hydrogen-bond acceptors (Lipinski definition) is 4. The fourth-order valence-corrected chi connectivity index (χ4v) is 4.11. The van der Waals surface area contributed by atoms with Crippen molar-refractivity contribution in [3.63, 3.8) is 0 Å². The minimum absolute atomic E-state index is 0.0397. The molecule has 3 aromatic carbocycles. The smallest absolute Gasteiger partial charge is 0.481 e. The summed E-state index contributed by atoms with van der Waals surface area (Å²) in [6.07, 6.45) is -6.16. The number of carbonyl (C=O) groups excluding carboxylic acids is 1. The van der Waals surface area contributed by atoms with Crippen molar-refractivity contribution in [1.29, 1.82) is 0 Å². The highest BCUT2D eigenvalue weighted by Crippen LogP contribution is 2.44. The molecule has 0 saturated carbocycles. The summed E-state index contributed by atoms with van der Waals surface area (Å²) in [5, 5.41) is 11.7. The number of carbonyl (C=O) groups is 2. The Labute approximate surface area is 192 Å². The molecule has 0 bridgehead atoms. The maximum absolute atomic E-state index is 12.5. The number of halogens is 3. The Morgan fingerprint density at radius 1 is 0.912 bits per heavy atom. The number of benzene rings is 3. The van der Waals surface area contributed by atoms with Crippen LogP contribution < -0.4 is 10.1 Å². The van der Waals surface area contributed by atoms with Crippen molar-refractivity contribution < 1.29 is 37.3 Å². The van der Waals surface area contributed by atoms with Gasteiger partial charge in [0.05, 0.1) is 12.5 Å². The molecule has 1 aliphatic rings. The Hall–Kier alpha value is -4.01. The molecule has 0 saturated heterocycles. The lowest BCUT2D eigenvalue weighted by Crippen LogP contribution is -2.31. The summed E-state index contributed by atoms with van der Waals surface area (Å²) in [5.74, 6) is -1.82. The second-order valence-electron chi connectivity index (χ2n) is 7.74. The van der Waals surface area contributed by atoms with Gasteiger partial charge in [0, 0.05) is 5.92 Å². The average molecular weight is 471 g/mol. The zero-order chi connectivity index (χ0) is 24.3. The summed E-state index contributed by atoms with van der Waals surface area (Å²) in [5.41, 5.74) is 4.48. The summed E-state index contributed by atoms with van der Waals surface area (Å²) < 4.78 is 46.4. The monoisotopic (exact) mass is 471 g/mol. The molecule has 0 fully saturated rings.